The van der Waals surface area contributed by atoms with Gasteiger partial charge in [-0.1, -0.05) is 0 Å². The lowest BCUT2D eigenvalue weighted by atomic mass is 10.1. The highest BCUT2D eigenvalue weighted by Crippen LogP contribution is 2.28. The van der Waals surface area contributed by atoms with Gasteiger partial charge < -0.3 is 9.84 Å². The average Bonchev–Trinajstić information content (AvgIpc) is 2.16. The van der Waals surface area contributed by atoms with Crippen LogP contribution >= 0.6 is 12.6 Å². The van der Waals surface area contributed by atoms with E-state index in [2.05, 4.69) is 12.6 Å². The minimum absolute atomic E-state index is 0.0725. The summed E-state index contributed by atoms with van der Waals surface area (Å²) >= 11 is 4.00. The molecule has 14 heavy (non-hydrogen) atoms. The van der Waals surface area contributed by atoms with Gasteiger partial charge in [0, 0.05) is 0 Å². The lowest BCUT2D eigenvalue weighted by Gasteiger charge is -2.07. The van der Waals surface area contributed by atoms with Crippen molar-refractivity contribution in [2.24, 2.45) is 0 Å². The molecule has 1 N–H and O–H groups in total. The van der Waals surface area contributed by atoms with Crippen molar-refractivity contribution >= 4 is 18.6 Å². The number of hydrogen-bond acceptors (Lipinski definition) is 4. The molecule has 5 heteroatoms. The highest BCUT2D eigenvalue weighted by atomic mass is 32.1. The highest BCUT2D eigenvalue weighted by Gasteiger charge is 2.17. The molecule has 0 fully saturated rings. The maximum Gasteiger partial charge on any atom is 0.338 e. The lowest BCUT2D eigenvalue weighted by Crippen LogP contribution is -2.03. The molecule has 1 rings (SSSR count). The Labute approximate surface area is 86.1 Å². The number of nitrogens with zero attached hydrogens (tertiary/aromatic N) is 1. The van der Waals surface area contributed by atoms with E-state index in [0.29, 0.717) is 5.75 Å². The molecule has 1 aromatic carbocycles. The maximum absolute atomic E-state index is 10.8. The summed E-state index contributed by atoms with van der Waals surface area (Å²) in [5.74, 6) is -0.852. The van der Waals surface area contributed by atoms with E-state index in [4.69, 9.17) is 15.1 Å². The molecule has 0 heterocycles. The Morgan fingerprint density at radius 2 is 2.29 bits per heavy atom. The van der Waals surface area contributed by atoms with Crippen LogP contribution in [0.25, 0.3) is 0 Å². The maximum atomic E-state index is 10.8. The van der Waals surface area contributed by atoms with Gasteiger partial charge in [-0.15, -0.1) is 12.6 Å². The summed E-state index contributed by atoms with van der Waals surface area (Å²) in [6.45, 7) is 0. The zero-order chi connectivity index (χ0) is 10.7. The van der Waals surface area contributed by atoms with Gasteiger partial charge >= 0.3 is 5.97 Å². The number of carboxylic acid groups (broad SMARTS) is 1. The van der Waals surface area contributed by atoms with E-state index >= 15 is 0 Å². The van der Waals surface area contributed by atoms with Crippen molar-refractivity contribution in [3.63, 3.8) is 0 Å². The number of ether oxygens (including phenoxy) is 1. The van der Waals surface area contributed by atoms with Crippen LogP contribution in [0.2, 0.25) is 0 Å². The van der Waals surface area contributed by atoms with Gasteiger partial charge in [-0.3, -0.25) is 0 Å². The average molecular weight is 209 g/mol. The second-order valence-corrected chi connectivity index (χ2v) is 2.90. The van der Waals surface area contributed by atoms with Crippen LogP contribution in [0, 0.1) is 11.3 Å². The fourth-order valence-corrected chi connectivity index (χ4v) is 1.43. The van der Waals surface area contributed by atoms with Crippen molar-refractivity contribution in [2.45, 2.75) is 4.90 Å². The Kier molecular flexibility index (Phi) is 2.99. The summed E-state index contributed by atoms with van der Waals surface area (Å²) in [6, 6.07) is 4.68. The molecule has 4 nitrogen and oxygen atoms in total. The zero-order valence-corrected chi connectivity index (χ0v) is 8.21. The van der Waals surface area contributed by atoms with Crippen LogP contribution < -0.4 is 4.74 Å². The Bertz CT molecular complexity index is 423. The van der Waals surface area contributed by atoms with Crippen molar-refractivity contribution in [2.75, 3.05) is 7.11 Å². The van der Waals surface area contributed by atoms with E-state index in [9.17, 15) is 4.79 Å². The lowest BCUT2D eigenvalue weighted by molar-refractivity contribution is 0.0692. The zero-order valence-electron chi connectivity index (χ0n) is 7.31. The van der Waals surface area contributed by atoms with E-state index in [1.165, 1.54) is 19.2 Å². The van der Waals surface area contributed by atoms with Crippen LogP contribution in [0.4, 0.5) is 0 Å². The number of carbonyl (C=O) groups is 1. The summed E-state index contributed by atoms with van der Waals surface area (Å²) in [5, 5.41) is 17.5. The van der Waals surface area contributed by atoms with Crippen molar-refractivity contribution in [1.29, 1.82) is 5.26 Å². The largest absolute Gasteiger partial charge is 0.496 e. The third-order valence-corrected chi connectivity index (χ3v) is 2.14. The third-order valence-electron chi connectivity index (χ3n) is 1.70. The predicted molar refractivity (Wildman–Crippen MR) is 51.9 cm³/mol. The van der Waals surface area contributed by atoms with E-state index in [-0.39, 0.29) is 16.0 Å². The molecule has 0 aromatic heterocycles. The van der Waals surface area contributed by atoms with Gasteiger partial charge in [0.2, 0.25) is 0 Å². The van der Waals surface area contributed by atoms with E-state index in [1.54, 1.807) is 6.07 Å². The Morgan fingerprint density at radius 1 is 1.64 bits per heavy atom. The number of benzene rings is 1. The second-order valence-electron chi connectivity index (χ2n) is 2.46. The topological polar surface area (TPSA) is 70.3 Å². The first-order valence-electron chi connectivity index (χ1n) is 3.65. The SMILES string of the molecule is COc1ccc(C#N)c(C(=O)O)c1S. The molecular formula is C9H7NO3S. The molecule has 72 valence electrons. The Hall–Kier alpha value is -1.67. The first-order valence-corrected chi connectivity index (χ1v) is 4.10. The molecule has 0 unspecified atom stereocenters. The molecule has 0 spiro atoms. The molecule has 1 aromatic rings. The molecule has 0 aliphatic heterocycles. The smallest absolute Gasteiger partial charge is 0.338 e. The normalized spacial score (nSPS) is 9.21. The first-order chi connectivity index (χ1) is 6.61. The van der Waals surface area contributed by atoms with Gasteiger partial charge in [0.1, 0.15) is 11.8 Å². The number of methoxy groups -OCH3 is 1. The summed E-state index contributed by atoms with van der Waals surface area (Å²) in [5.41, 5.74) is -0.0570. The van der Waals surface area contributed by atoms with Gasteiger partial charge in [-0.05, 0) is 12.1 Å². The fraction of sp³-hybridized carbons (Fsp3) is 0.111. The number of aromatic carboxylic acids is 1. The van der Waals surface area contributed by atoms with Gasteiger partial charge in [-0.2, -0.15) is 5.26 Å². The third kappa shape index (κ3) is 1.65. The van der Waals surface area contributed by atoms with E-state index in [0.717, 1.165) is 0 Å². The molecule has 0 aliphatic rings. The summed E-state index contributed by atoms with van der Waals surface area (Å²) in [6.07, 6.45) is 0. The van der Waals surface area contributed by atoms with E-state index in [1.807, 2.05) is 0 Å². The summed E-state index contributed by atoms with van der Waals surface area (Å²) < 4.78 is 4.89. The molecular weight excluding hydrogens is 202 g/mol. The minimum atomic E-state index is -1.19. The summed E-state index contributed by atoms with van der Waals surface area (Å²) in [4.78, 5) is 11.0. The minimum Gasteiger partial charge on any atom is -0.496 e. The molecule has 0 aliphatic carbocycles. The van der Waals surface area contributed by atoms with Gasteiger partial charge in [0.25, 0.3) is 0 Å². The second kappa shape index (κ2) is 4.03. The molecule has 0 saturated carbocycles. The number of rotatable bonds is 2. The van der Waals surface area contributed by atoms with Gasteiger partial charge in [0.15, 0.2) is 0 Å². The van der Waals surface area contributed by atoms with Crippen molar-refractivity contribution in [3.05, 3.63) is 23.3 Å². The van der Waals surface area contributed by atoms with Crippen LogP contribution in [-0.2, 0) is 0 Å². The Morgan fingerprint density at radius 3 is 2.71 bits per heavy atom. The van der Waals surface area contributed by atoms with Crippen molar-refractivity contribution in [1.82, 2.24) is 0 Å². The number of hydrogen-bond donors (Lipinski definition) is 2. The standard InChI is InChI=1S/C9H7NO3S/c1-13-6-3-2-5(4-10)7(8(6)14)9(11)12/h2-3,14H,1H3,(H,11,12). The number of carboxylic acids is 1. The van der Waals surface area contributed by atoms with Crippen LogP contribution in [0.5, 0.6) is 5.75 Å². The van der Waals surface area contributed by atoms with Crippen LogP contribution in [0.15, 0.2) is 17.0 Å². The van der Waals surface area contributed by atoms with Crippen LogP contribution in [0.3, 0.4) is 0 Å². The first kappa shape index (κ1) is 10.4. The van der Waals surface area contributed by atoms with Crippen LogP contribution in [0.1, 0.15) is 15.9 Å². The van der Waals surface area contributed by atoms with Crippen molar-refractivity contribution in [3.8, 4) is 11.8 Å². The highest BCUT2D eigenvalue weighted by molar-refractivity contribution is 7.80. The Balaban J connectivity index is 3.49. The summed E-state index contributed by atoms with van der Waals surface area (Å²) in [7, 11) is 1.41. The number of nitriles is 1. The molecule has 0 radical (unpaired) electrons. The van der Waals surface area contributed by atoms with E-state index < -0.39 is 5.97 Å². The predicted octanol–water partition coefficient (Wildman–Crippen LogP) is 1.55. The molecule has 0 saturated heterocycles. The number of thiol groups is 1. The molecule has 0 atom stereocenters. The van der Waals surface area contributed by atoms with Crippen molar-refractivity contribution < 1.29 is 14.6 Å². The molecule has 0 amide bonds. The van der Waals surface area contributed by atoms with Gasteiger partial charge in [-0.25, -0.2) is 4.79 Å². The quantitative estimate of drug-likeness (QED) is 0.725. The monoisotopic (exact) mass is 209 g/mol. The van der Waals surface area contributed by atoms with Crippen LogP contribution in [-0.4, -0.2) is 18.2 Å². The van der Waals surface area contributed by atoms with Gasteiger partial charge in [0.05, 0.1) is 23.1 Å². The fourth-order valence-electron chi connectivity index (χ4n) is 1.05. The molecule has 0 bridgehead atoms.